The standard InChI is InChI=1S/C24H31FN8/c1-16(14-29-23(28-2)32-9-3-4-10-32)19-15-30-24(33-11-7-18(26)8-12-33)31-22(19)17-5-6-21(27)20(25)13-17/h5-6,13-15,18H,2-4,7-12,26-27H2,1H3/b16-14+,29-23?. The van der Waals surface area contributed by atoms with E-state index in [2.05, 4.69) is 31.5 Å². The van der Waals surface area contributed by atoms with Crippen molar-refractivity contribution in [3.63, 3.8) is 0 Å². The van der Waals surface area contributed by atoms with Crippen LogP contribution >= 0.6 is 0 Å². The molecule has 0 saturated carbocycles. The van der Waals surface area contributed by atoms with Gasteiger partial charge in [-0.15, -0.1) is 0 Å². The monoisotopic (exact) mass is 450 g/mol. The van der Waals surface area contributed by atoms with Crippen LogP contribution in [0.1, 0.15) is 38.2 Å². The van der Waals surface area contributed by atoms with Crippen molar-refractivity contribution in [1.29, 1.82) is 0 Å². The zero-order chi connectivity index (χ0) is 23.4. The Balaban J connectivity index is 1.72. The summed E-state index contributed by atoms with van der Waals surface area (Å²) in [6.45, 7) is 9.04. The maximum absolute atomic E-state index is 14.3. The molecule has 3 heterocycles. The minimum atomic E-state index is -0.477. The number of benzene rings is 1. The SMILES string of the molecule is C=NC(=N/C=C(\C)c1cnc(N2CCC(N)CC2)nc1-c1ccc(N)c(F)c1)N1CCCC1. The molecule has 174 valence electrons. The lowest BCUT2D eigenvalue weighted by Crippen LogP contribution is -2.40. The number of anilines is 2. The molecule has 0 unspecified atom stereocenters. The summed E-state index contributed by atoms with van der Waals surface area (Å²) in [4.78, 5) is 22.4. The van der Waals surface area contributed by atoms with Gasteiger partial charge in [-0.3, -0.25) is 0 Å². The first kappa shape index (κ1) is 22.8. The Hall–Kier alpha value is -3.33. The van der Waals surface area contributed by atoms with E-state index in [1.165, 1.54) is 6.07 Å². The first-order valence-electron chi connectivity index (χ1n) is 11.4. The number of guanidine groups is 1. The van der Waals surface area contributed by atoms with Gasteiger partial charge in [-0.25, -0.2) is 24.3 Å². The van der Waals surface area contributed by atoms with Gasteiger partial charge in [0, 0.05) is 55.7 Å². The highest BCUT2D eigenvalue weighted by atomic mass is 19.1. The van der Waals surface area contributed by atoms with E-state index in [4.69, 9.17) is 16.5 Å². The number of aliphatic imine (C=N–C) groups is 2. The first-order chi connectivity index (χ1) is 16.0. The molecule has 8 nitrogen and oxygen atoms in total. The summed E-state index contributed by atoms with van der Waals surface area (Å²) in [6.07, 6.45) is 7.55. The molecule has 33 heavy (non-hydrogen) atoms. The van der Waals surface area contributed by atoms with E-state index in [9.17, 15) is 4.39 Å². The Morgan fingerprint density at radius 3 is 2.61 bits per heavy atom. The minimum Gasteiger partial charge on any atom is -0.396 e. The van der Waals surface area contributed by atoms with Crippen molar-refractivity contribution in [2.45, 2.75) is 38.6 Å². The fourth-order valence-corrected chi connectivity index (χ4v) is 4.17. The smallest absolute Gasteiger partial charge is 0.225 e. The van der Waals surface area contributed by atoms with E-state index in [1.807, 2.05) is 6.92 Å². The summed E-state index contributed by atoms with van der Waals surface area (Å²) in [6, 6.07) is 4.95. The lowest BCUT2D eigenvalue weighted by molar-refractivity contribution is 0.495. The Labute approximate surface area is 193 Å². The summed E-state index contributed by atoms with van der Waals surface area (Å²) in [5.74, 6) is 0.739. The molecule has 0 aliphatic carbocycles. The Morgan fingerprint density at radius 1 is 1.21 bits per heavy atom. The summed E-state index contributed by atoms with van der Waals surface area (Å²) in [5.41, 5.74) is 14.7. The van der Waals surface area contributed by atoms with Crippen LogP contribution in [-0.2, 0) is 0 Å². The molecule has 0 bridgehead atoms. The molecule has 2 aliphatic heterocycles. The van der Waals surface area contributed by atoms with Crippen molar-refractivity contribution in [2.24, 2.45) is 15.7 Å². The third kappa shape index (κ3) is 5.19. The number of nitrogen functional groups attached to an aromatic ring is 1. The zero-order valence-corrected chi connectivity index (χ0v) is 19.0. The van der Waals surface area contributed by atoms with E-state index in [0.29, 0.717) is 23.2 Å². The number of aromatic nitrogens is 2. The Kier molecular flexibility index (Phi) is 6.98. The number of hydrogen-bond donors (Lipinski definition) is 2. The highest BCUT2D eigenvalue weighted by Gasteiger charge is 2.21. The highest BCUT2D eigenvalue weighted by molar-refractivity contribution is 5.86. The van der Waals surface area contributed by atoms with Crippen LogP contribution < -0.4 is 16.4 Å². The number of piperidine rings is 1. The van der Waals surface area contributed by atoms with Gasteiger partial charge in [0.2, 0.25) is 11.9 Å². The van der Waals surface area contributed by atoms with Crippen molar-refractivity contribution >= 4 is 29.9 Å². The van der Waals surface area contributed by atoms with Crippen LogP contribution in [0.5, 0.6) is 0 Å². The van der Waals surface area contributed by atoms with E-state index in [0.717, 1.165) is 63.0 Å². The predicted molar refractivity (Wildman–Crippen MR) is 133 cm³/mol. The predicted octanol–water partition coefficient (Wildman–Crippen LogP) is 3.31. The van der Waals surface area contributed by atoms with Gasteiger partial charge in [-0.05, 0) is 57.0 Å². The molecule has 2 fully saturated rings. The van der Waals surface area contributed by atoms with Crippen molar-refractivity contribution in [1.82, 2.24) is 14.9 Å². The number of hydrogen-bond acceptors (Lipinski definition) is 6. The second-order valence-corrected chi connectivity index (χ2v) is 8.59. The molecule has 0 atom stereocenters. The van der Waals surface area contributed by atoms with Crippen LogP contribution in [0.2, 0.25) is 0 Å². The number of halogens is 1. The number of nitrogens with two attached hydrogens (primary N) is 2. The number of allylic oxidation sites excluding steroid dienone is 1. The molecule has 9 heteroatoms. The van der Waals surface area contributed by atoms with Gasteiger partial charge in [0.05, 0.1) is 11.4 Å². The van der Waals surface area contributed by atoms with Crippen LogP contribution in [0.3, 0.4) is 0 Å². The Bertz CT molecular complexity index is 1070. The van der Waals surface area contributed by atoms with Crippen LogP contribution in [0.25, 0.3) is 16.8 Å². The average molecular weight is 451 g/mol. The molecule has 0 amide bonds. The van der Waals surface area contributed by atoms with E-state index in [-0.39, 0.29) is 11.7 Å². The lowest BCUT2D eigenvalue weighted by atomic mass is 10.0. The normalized spacial score (nSPS) is 18.2. The fourth-order valence-electron chi connectivity index (χ4n) is 4.17. The summed E-state index contributed by atoms with van der Waals surface area (Å²) in [7, 11) is 0. The van der Waals surface area contributed by atoms with Gasteiger partial charge in [-0.1, -0.05) is 6.07 Å². The molecule has 0 radical (unpaired) electrons. The number of rotatable bonds is 4. The zero-order valence-electron chi connectivity index (χ0n) is 19.0. The van der Waals surface area contributed by atoms with E-state index in [1.54, 1.807) is 24.5 Å². The highest BCUT2D eigenvalue weighted by Crippen LogP contribution is 2.30. The summed E-state index contributed by atoms with van der Waals surface area (Å²) in [5, 5.41) is 0. The molecule has 1 aromatic carbocycles. The van der Waals surface area contributed by atoms with Crippen molar-refractivity contribution in [3.8, 4) is 11.3 Å². The number of likely N-dealkylation sites (tertiary alicyclic amines) is 1. The fraction of sp³-hybridized carbons (Fsp3) is 0.417. The van der Waals surface area contributed by atoms with Crippen LogP contribution in [0, 0.1) is 5.82 Å². The Morgan fingerprint density at radius 2 is 1.94 bits per heavy atom. The molecular weight excluding hydrogens is 419 g/mol. The van der Waals surface area contributed by atoms with Gasteiger partial charge in [0.25, 0.3) is 0 Å². The molecule has 2 saturated heterocycles. The van der Waals surface area contributed by atoms with Gasteiger partial charge >= 0.3 is 0 Å². The maximum atomic E-state index is 14.3. The largest absolute Gasteiger partial charge is 0.396 e. The van der Waals surface area contributed by atoms with Crippen molar-refractivity contribution in [3.05, 3.63) is 42.0 Å². The van der Waals surface area contributed by atoms with Crippen LogP contribution in [0.4, 0.5) is 16.0 Å². The summed E-state index contributed by atoms with van der Waals surface area (Å²) < 4.78 is 14.3. The van der Waals surface area contributed by atoms with Gasteiger partial charge in [-0.2, -0.15) is 0 Å². The van der Waals surface area contributed by atoms with Gasteiger partial charge in [0.1, 0.15) is 5.82 Å². The quantitative estimate of drug-likeness (QED) is 0.420. The molecule has 4 N–H and O–H groups in total. The van der Waals surface area contributed by atoms with Gasteiger partial charge in [0.15, 0.2) is 0 Å². The average Bonchev–Trinajstić information content (AvgIpc) is 3.36. The number of nitrogens with zero attached hydrogens (tertiary/aromatic N) is 6. The first-order valence-corrected chi connectivity index (χ1v) is 11.4. The third-order valence-corrected chi connectivity index (χ3v) is 6.20. The minimum absolute atomic E-state index is 0.101. The molecular formula is C24H31FN8. The van der Waals surface area contributed by atoms with Crippen LogP contribution in [-0.4, -0.2) is 59.8 Å². The van der Waals surface area contributed by atoms with E-state index >= 15 is 0 Å². The lowest BCUT2D eigenvalue weighted by Gasteiger charge is -2.30. The molecule has 1 aromatic heterocycles. The van der Waals surface area contributed by atoms with Crippen molar-refractivity contribution < 1.29 is 4.39 Å². The summed E-state index contributed by atoms with van der Waals surface area (Å²) >= 11 is 0. The molecule has 0 spiro atoms. The van der Waals surface area contributed by atoms with Crippen LogP contribution in [0.15, 0.2) is 40.6 Å². The second-order valence-electron chi connectivity index (χ2n) is 8.59. The second kappa shape index (κ2) is 10.1. The van der Waals surface area contributed by atoms with E-state index < -0.39 is 5.82 Å². The third-order valence-electron chi connectivity index (χ3n) is 6.20. The molecule has 4 rings (SSSR count). The maximum Gasteiger partial charge on any atom is 0.225 e. The molecule has 2 aromatic rings. The van der Waals surface area contributed by atoms with Gasteiger partial charge < -0.3 is 21.3 Å². The van der Waals surface area contributed by atoms with Crippen molar-refractivity contribution in [2.75, 3.05) is 36.8 Å². The molecule has 2 aliphatic rings. The topological polar surface area (TPSA) is 109 Å².